The van der Waals surface area contributed by atoms with Crippen molar-refractivity contribution in [2.24, 2.45) is 0 Å². The molecule has 4 rings (SSSR count). The molecular weight excluding hydrogens is 817 g/mol. The minimum atomic E-state index is -1.08. The van der Waals surface area contributed by atoms with E-state index in [1.807, 2.05) is 24.3 Å². The van der Waals surface area contributed by atoms with E-state index in [9.17, 15) is 44.4 Å². The van der Waals surface area contributed by atoms with Crippen molar-refractivity contribution in [1.82, 2.24) is 44.8 Å². The van der Waals surface area contributed by atoms with Crippen molar-refractivity contribution in [2.45, 2.75) is 70.3 Å². The Hall–Kier alpha value is -5.22. The second-order valence-corrected chi connectivity index (χ2v) is 16.4. The predicted molar refractivity (Wildman–Crippen MR) is 237 cm³/mol. The van der Waals surface area contributed by atoms with Crippen LogP contribution in [0.1, 0.15) is 63.4 Å². The summed E-state index contributed by atoms with van der Waals surface area (Å²) < 4.78 is 0. The number of hydrogen-bond acceptors (Lipinski definition) is 16. The number of benzene rings is 1. The van der Waals surface area contributed by atoms with E-state index in [1.165, 1.54) is 32.1 Å². The van der Waals surface area contributed by atoms with Crippen LogP contribution in [0.25, 0.3) is 0 Å². The minimum Gasteiger partial charge on any atom is -0.480 e. The smallest absolute Gasteiger partial charge is 0.317 e. The first-order valence-corrected chi connectivity index (χ1v) is 22.1. The van der Waals surface area contributed by atoms with Gasteiger partial charge in [0.25, 0.3) is 0 Å². The maximum Gasteiger partial charge on any atom is 0.317 e. The number of nitrogen functional groups attached to an aromatic ring is 1. The van der Waals surface area contributed by atoms with Crippen LogP contribution in [-0.2, 0) is 30.4 Å². The molecule has 8 N–H and O–H groups in total. The van der Waals surface area contributed by atoms with Gasteiger partial charge in [-0.1, -0.05) is 50.7 Å². The van der Waals surface area contributed by atoms with Crippen LogP contribution >= 0.6 is 0 Å². The quantitative estimate of drug-likeness (QED) is 0.0726. The highest BCUT2D eigenvalue weighted by Crippen LogP contribution is 2.21. The van der Waals surface area contributed by atoms with Gasteiger partial charge in [-0.25, -0.2) is 0 Å². The topological polar surface area (TPSA) is 274 Å². The van der Waals surface area contributed by atoms with Gasteiger partial charge >= 0.3 is 23.9 Å². The first-order chi connectivity index (χ1) is 30.3. The van der Waals surface area contributed by atoms with Crippen molar-refractivity contribution in [1.29, 1.82) is 0 Å². The fourth-order valence-corrected chi connectivity index (χ4v) is 8.04. The van der Waals surface area contributed by atoms with Gasteiger partial charge in [-0.15, -0.1) is 0 Å². The number of carboxylic acids is 4. The first-order valence-electron chi connectivity index (χ1n) is 22.1. The highest BCUT2D eigenvalue weighted by atomic mass is 16.4. The Bertz CT molecular complexity index is 1750. The highest BCUT2D eigenvalue weighted by Gasteiger charge is 2.28. The van der Waals surface area contributed by atoms with Gasteiger partial charge in [-0.05, 0) is 43.5 Å². The third-order valence-electron chi connectivity index (χ3n) is 11.5. The molecule has 1 aromatic heterocycles. The van der Waals surface area contributed by atoms with E-state index in [0.29, 0.717) is 30.4 Å². The van der Waals surface area contributed by atoms with Crippen molar-refractivity contribution in [3.8, 4) is 0 Å². The summed E-state index contributed by atoms with van der Waals surface area (Å²) in [6.45, 7) is 4.55. The summed E-state index contributed by atoms with van der Waals surface area (Å²) in [5.41, 5.74) is 7.67. The molecule has 0 bridgehead atoms. The van der Waals surface area contributed by atoms with E-state index in [4.69, 9.17) is 5.73 Å². The van der Waals surface area contributed by atoms with Gasteiger partial charge in [0.05, 0.1) is 26.2 Å². The Kier molecular flexibility index (Phi) is 21.7. The number of amides is 1. The summed E-state index contributed by atoms with van der Waals surface area (Å²) >= 11 is 0. The molecule has 3 heterocycles. The molecule has 0 spiro atoms. The van der Waals surface area contributed by atoms with Crippen LogP contribution < -0.4 is 21.3 Å². The number of nitrogens with two attached hydrogens (primary N) is 1. The first kappa shape index (κ1) is 50.4. The predicted octanol–water partition coefficient (Wildman–Crippen LogP) is 1.05. The fourth-order valence-electron chi connectivity index (χ4n) is 8.04. The molecule has 2 fully saturated rings. The lowest BCUT2D eigenvalue weighted by Crippen LogP contribution is -2.53. The van der Waals surface area contributed by atoms with Crippen LogP contribution in [0.15, 0.2) is 24.3 Å². The number of aliphatic carboxylic acids is 4. The third kappa shape index (κ3) is 19.8. The number of carboxylic acid groups (broad SMARTS) is 4. The van der Waals surface area contributed by atoms with Gasteiger partial charge in [-0.3, -0.25) is 48.5 Å². The molecule has 0 aliphatic carbocycles. The largest absolute Gasteiger partial charge is 0.480 e. The summed E-state index contributed by atoms with van der Waals surface area (Å²) in [6, 6.07) is 6.96. The van der Waals surface area contributed by atoms with Gasteiger partial charge in [-0.2, -0.15) is 15.0 Å². The number of anilines is 4. The summed E-state index contributed by atoms with van der Waals surface area (Å²) in [5.74, 6) is -3.26. The van der Waals surface area contributed by atoms with Crippen LogP contribution in [0.4, 0.5) is 23.5 Å². The molecule has 0 saturated carbocycles. The zero-order valence-electron chi connectivity index (χ0n) is 36.7. The number of unbranched alkanes of at least 4 members (excludes halogenated alkanes) is 7. The van der Waals surface area contributed by atoms with Gasteiger partial charge in [0.15, 0.2) is 0 Å². The maximum atomic E-state index is 12.1. The Morgan fingerprint density at radius 1 is 0.619 bits per heavy atom. The zero-order valence-corrected chi connectivity index (χ0v) is 36.7. The van der Waals surface area contributed by atoms with Crippen molar-refractivity contribution in [2.75, 3.05) is 128 Å². The molecule has 2 aliphatic heterocycles. The molecule has 63 heavy (non-hydrogen) atoms. The lowest BCUT2D eigenvalue weighted by atomic mass is 10.0. The molecule has 350 valence electrons. The lowest BCUT2D eigenvalue weighted by Gasteiger charge is -2.37. The molecule has 1 unspecified atom stereocenters. The number of nitrogens with zero attached hydrogens (tertiary/aromatic N) is 9. The van der Waals surface area contributed by atoms with E-state index in [2.05, 4.69) is 35.4 Å². The van der Waals surface area contributed by atoms with E-state index in [1.54, 1.807) is 26.6 Å². The highest BCUT2D eigenvalue weighted by molar-refractivity contribution is 5.75. The molecule has 2 saturated heterocycles. The van der Waals surface area contributed by atoms with Gasteiger partial charge < -0.3 is 41.7 Å². The SMILES string of the molecule is CNC(=O)CCCCCCCCCCN1CCN(c2nc(N)nc(Nc3ccc(CC4CN(CC(=O)O)CCN(CC(=O)O)CCN(CC(=O)O)CCN4CC(=O)O)cc3)n2)CC1. The van der Waals surface area contributed by atoms with Crippen LogP contribution in [0.5, 0.6) is 0 Å². The van der Waals surface area contributed by atoms with Crippen molar-refractivity contribution in [3.05, 3.63) is 29.8 Å². The molecule has 1 atom stereocenters. The number of carbonyl (C=O) groups excluding carboxylic acids is 1. The monoisotopic (exact) mass is 885 g/mol. The molecule has 0 radical (unpaired) electrons. The van der Waals surface area contributed by atoms with Gasteiger partial charge in [0, 0.05) is 97.2 Å². The van der Waals surface area contributed by atoms with Crippen molar-refractivity contribution >= 4 is 53.3 Å². The summed E-state index contributed by atoms with van der Waals surface area (Å²) in [4.78, 5) is 83.5. The number of rotatable bonds is 24. The Balaban J connectivity index is 1.35. The van der Waals surface area contributed by atoms with Crippen LogP contribution in [0, 0.1) is 0 Å². The molecule has 21 nitrogen and oxygen atoms in total. The average molecular weight is 885 g/mol. The summed E-state index contributed by atoms with van der Waals surface area (Å²) in [5, 5.41) is 44.7. The second-order valence-electron chi connectivity index (χ2n) is 16.4. The van der Waals surface area contributed by atoms with Gasteiger partial charge in [0.1, 0.15) is 0 Å². The van der Waals surface area contributed by atoms with E-state index < -0.39 is 29.9 Å². The van der Waals surface area contributed by atoms with E-state index in [-0.39, 0.29) is 83.8 Å². The maximum absolute atomic E-state index is 12.1. The van der Waals surface area contributed by atoms with Crippen molar-refractivity contribution in [3.63, 3.8) is 0 Å². The third-order valence-corrected chi connectivity index (χ3v) is 11.5. The number of aromatic nitrogens is 3. The number of hydrogen-bond donors (Lipinski definition) is 7. The Morgan fingerprint density at radius 3 is 1.70 bits per heavy atom. The van der Waals surface area contributed by atoms with Gasteiger partial charge in [0.2, 0.25) is 23.8 Å². The number of piperazine rings is 1. The number of nitrogens with one attached hydrogen (secondary N) is 2. The molecule has 2 aromatic rings. The lowest BCUT2D eigenvalue weighted by molar-refractivity contribution is -0.142. The average Bonchev–Trinajstić information content (AvgIpc) is 3.22. The molecule has 2 aliphatic rings. The zero-order chi connectivity index (χ0) is 45.6. The summed E-state index contributed by atoms with van der Waals surface area (Å²) in [6.07, 6.45) is 10.3. The Labute approximate surface area is 369 Å². The standard InChI is InChI=1S/C42H68N12O9/c1-44-35(55)10-8-6-4-2-3-5-7-9-15-49-20-23-53(24-21-49)42-47-40(43)46-41(48-42)45-33-13-11-32(12-14-33)26-34-27-52(30-38(60)61)19-18-50(28-36(56)57)16-17-51(29-37(58)59)22-25-54(34)31-39(62)63/h11-14,34H,2-10,15-31H2,1H3,(H,44,55)(H,56,57)(H,58,59)(H,60,61)(H,62,63)(H3,43,45,46,47,48). The van der Waals surface area contributed by atoms with E-state index in [0.717, 1.165) is 57.5 Å². The molecule has 1 aromatic carbocycles. The number of carbonyl (C=O) groups is 5. The minimum absolute atomic E-state index is 0.0907. The molecular formula is C42H68N12O9. The van der Waals surface area contributed by atoms with Crippen LogP contribution in [0.2, 0.25) is 0 Å². The van der Waals surface area contributed by atoms with E-state index >= 15 is 0 Å². The Morgan fingerprint density at radius 2 is 1.13 bits per heavy atom. The molecule has 21 heteroatoms. The van der Waals surface area contributed by atoms with Crippen LogP contribution in [-0.4, -0.2) is 207 Å². The summed E-state index contributed by atoms with van der Waals surface area (Å²) in [7, 11) is 1.68. The second kappa shape index (κ2) is 27.1. The molecule has 1 amide bonds. The van der Waals surface area contributed by atoms with Crippen LogP contribution in [0.3, 0.4) is 0 Å². The fraction of sp³-hybridized carbons (Fsp3) is 0.667. The normalized spacial score (nSPS) is 18.0. The van der Waals surface area contributed by atoms with Crippen molar-refractivity contribution < 1.29 is 44.4 Å².